The lowest BCUT2D eigenvalue weighted by atomic mass is 10.0. The fourth-order valence-electron chi connectivity index (χ4n) is 10.2. The second kappa shape index (κ2) is 58.4. The van der Waals surface area contributed by atoms with Gasteiger partial charge in [-0.3, -0.25) is 9.59 Å². The molecule has 0 aromatic rings. The van der Waals surface area contributed by atoms with E-state index in [4.69, 9.17) is 0 Å². The van der Waals surface area contributed by atoms with Crippen molar-refractivity contribution < 1.29 is 14.7 Å². The van der Waals surface area contributed by atoms with Crippen molar-refractivity contribution in [1.82, 2.24) is 5.32 Å². The highest BCUT2D eigenvalue weighted by molar-refractivity contribution is 5.78. The van der Waals surface area contributed by atoms with Crippen molar-refractivity contribution in [3.05, 3.63) is 0 Å². The fourth-order valence-corrected chi connectivity index (χ4v) is 10.2. The molecule has 0 unspecified atom stereocenters. The Kier molecular flexibility index (Phi) is 57.6. The molecule has 0 spiro atoms. The van der Waals surface area contributed by atoms with E-state index in [1.54, 1.807) is 0 Å². The third kappa shape index (κ3) is 55.7. The molecule has 2 N–H and O–H groups in total. The van der Waals surface area contributed by atoms with E-state index in [1.807, 2.05) is 0 Å². The van der Waals surface area contributed by atoms with Crippen LogP contribution in [0.4, 0.5) is 0 Å². The Morgan fingerprint density at radius 3 is 0.712 bits per heavy atom. The van der Waals surface area contributed by atoms with Gasteiger partial charge in [0, 0.05) is 19.3 Å². The summed E-state index contributed by atoms with van der Waals surface area (Å²) in [5, 5.41) is 12.9. The molecule has 0 bridgehead atoms. The van der Waals surface area contributed by atoms with Gasteiger partial charge in [0.15, 0.2) is 0 Å². The number of unbranched alkanes of at least 4 members (excludes halogenated alkanes) is 49. The van der Waals surface area contributed by atoms with Gasteiger partial charge in [0.25, 0.3) is 0 Å². The van der Waals surface area contributed by atoms with E-state index in [-0.39, 0.29) is 18.6 Å². The maximum absolute atomic E-state index is 12.4. The minimum absolute atomic E-state index is 0.0584. The average molecular weight is 931 g/mol. The van der Waals surface area contributed by atoms with Crippen LogP contribution >= 0.6 is 0 Å². The van der Waals surface area contributed by atoms with Crippen LogP contribution in [0, 0.1) is 0 Å². The van der Waals surface area contributed by atoms with Gasteiger partial charge in [-0.2, -0.15) is 0 Å². The molecule has 66 heavy (non-hydrogen) atoms. The Balaban J connectivity index is 3.28. The first-order valence-electron chi connectivity index (χ1n) is 31.1. The predicted octanol–water partition coefficient (Wildman–Crippen LogP) is 20.9. The molecular weight excluding hydrogens is 807 g/mol. The van der Waals surface area contributed by atoms with Crippen LogP contribution in [0.25, 0.3) is 0 Å². The molecule has 4 nitrogen and oxygen atoms in total. The Hall–Kier alpha value is -0.900. The Morgan fingerprint density at radius 1 is 0.288 bits per heavy atom. The van der Waals surface area contributed by atoms with Crippen LogP contribution < -0.4 is 5.32 Å². The van der Waals surface area contributed by atoms with E-state index in [0.717, 1.165) is 51.4 Å². The van der Waals surface area contributed by atoms with Gasteiger partial charge in [-0.05, 0) is 25.7 Å². The Morgan fingerprint density at radius 2 is 0.485 bits per heavy atom. The molecule has 394 valence electrons. The molecule has 0 aliphatic carbocycles. The van der Waals surface area contributed by atoms with Gasteiger partial charge < -0.3 is 10.4 Å². The second-order valence-electron chi connectivity index (χ2n) is 21.7. The summed E-state index contributed by atoms with van der Waals surface area (Å²) in [5.74, 6) is 0.656. The van der Waals surface area contributed by atoms with E-state index >= 15 is 0 Å². The van der Waals surface area contributed by atoms with Gasteiger partial charge in [0.1, 0.15) is 5.78 Å². The summed E-state index contributed by atoms with van der Waals surface area (Å²) in [4.78, 5) is 24.6. The molecule has 0 saturated carbocycles. The molecule has 0 saturated heterocycles. The maximum Gasteiger partial charge on any atom is 0.220 e. The molecule has 0 heterocycles. The van der Waals surface area contributed by atoms with E-state index < -0.39 is 0 Å². The number of aliphatic hydroxyl groups is 1. The smallest absolute Gasteiger partial charge is 0.220 e. The Bertz CT molecular complexity index is 921. The van der Waals surface area contributed by atoms with Gasteiger partial charge >= 0.3 is 0 Å². The minimum Gasteiger partial charge on any atom is -0.394 e. The standard InChI is InChI=1S/C62H123NO3/c1-3-5-7-9-11-13-15-16-32-36-39-43-47-51-55-60(59-64)63-62(66)58-54-50-46-42-38-34-31-29-27-25-23-21-19-17-18-20-22-24-26-28-30-33-37-41-45-49-53-57-61(65)56-52-48-44-40-35-14-12-10-8-6-4-2/h60,64H,3-59H2,1-2H3,(H,63,66)/t60-/m0/s1. The molecular formula is C62H123NO3. The first kappa shape index (κ1) is 65.1. The topological polar surface area (TPSA) is 66.4 Å². The highest BCUT2D eigenvalue weighted by Gasteiger charge is 2.11. The van der Waals surface area contributed by atoms with Crippen molar-refractivity contribution in [3.8, 4) is 0 Å². The zero-order valence-corrected chi connectivity index (χ0v) is 45.6. The second-order valence-corrected chi connectivity index (χ2v) is 21.7. The summed E-state index contributed by atoms with van der Waals surface area (Å²) in [6.07, 6.45) is 73.9. The molecule has 1 amide bonds. The van der Waals surface area contributed by atoms with Crippen LogP contribution in [0.2, 0.25) is 0 Å². The zero-order valence-electron chi connectivity index (χ0n) is 45.6. The average Bonchev–Trinajstić information content (AvgIpc) is 3.32. The predicted molar refractivity (Wildman–Crippen MR) is 294 cm³/mol. The highest BCUT2D eigenvalue weighted by atomic mass is 16.3. The number of rotatable bonds is 59. The summed E-state index contributed by atoms with van der Waals surface area (Å²) in [6.45, 7) is 4.64. The van der Waals surface area contributed by atoms with Crippen LogP contribution in [0.5, 0.6) is 0 Å². The number of ketones is 1. The largest absolute Gasteiger partial charge is 0.394 e. The third-order valence-electron chi connectivity index (χ3n) is 14.9. The van der Waals surface area contributed by atoms with E-state index in [2.05, 4.69) is 19.2 Å². The van der Waals surface area contributed by atoms with Crippen molar-refractivity contribution in [2.75, 3.05) is 6.61 Å². The number of hydrogen-bond donors (Lipinski definition) is 2. The quantitative estimate of drug-likeness (QED) is 0.0597. The summed E-state index contributed by atoms with van der Waals surface area (Å²) < 4.78 is 0. The van der Waals surface area contributed by atoms with Gasteiger partial charge in [-0.25, -0.2) is 0 Å². The van der Waals surface area contributed by atoms with Crippen molar-refractivity contribution in [2.45, 2.75) is 379 Å². The van der Waals surface area contributed by atoms with Gasteiger partial charge in [-0.15, -0.1) is 0 Å². The zero-order chi connectivity index (χ0) is 47.7. The summed E-state index contributed by atoms with van der Waals surface area (Å²) >= 11 is 0. The van der Waals surface area contributed by atoms with Crippen molar-refractivity contribution >= 4 is 11.7 Å². The van der Waals surface area contributed by atoms with Gasteiger partial charge in [0.05, 0.1) is 12.6 Å². The number of aliphatic hydroxyl groups excluding tert-OH is 1. The van der Waals surface area contributed by atoms with E-state index in [1.165, 1.54) is 302 Å². The SMILES string of the molecule is CCCCCCCCCCCCCCCC[C@@H](CO)NC(=O)CCCCCCCCCCCCCCCCCCCCCCCCCCCCCC(=O)CCCCCCCCCCCCC. The lowest BCUT2D eigenvalue weighted by Gasteiger charge is -2.16. The van der Waals surface area contributed by atoms with E-state index in [0.29, 0.717) is 12.2 Å². The van der Waals surface area contributed by atoms with Crippen molar-refractivity contribution in [3.63, 3.8) is 0 Å². The summed E-state index contributed by atoms with van der Waals surface area (Å²) in [6, 6.07) is -0.0584. The lowest BCUT2D eigenvalue weighted by molar-refractivity contribution is -0.122. The number of hydrogen-bond acceptors (Lipinski definition) is 3. The number of nitrogens with one attached hydrogen (secondary N) is 1. The molecule has 0 aliphatic rings. The Labute approximate surface area is 416 Å². The monoisotopic (exact) mass is 930 g/mol. The molecule has 0 aromatic carbocycles. The highest BCUT2D eigenvalue weighted by Crippen LogP contribution is 2.19. The molecule has 0 aromatic heterocycles. The number of Topliss-reactive ketones (excluding diaryl/α,β-unsaturated/α-hetero) is 1. The van der Waals surface area contributed by atoms with Crippen LogP contribution in [0.15, 0.2) is 0 Å². The molecule has 0 radical (unpaired) electrons. The normalized spacial score (nSPS) is 12.0. The van der Waals surface area contributed by atoms with E-state index in [9.17, 15) is 14.7 Å². The van der Waals surface area contributed by atoms with Crippen LogP contribution in [-0.4, -0.2) is 29.4 Å². The molecule has 0 rings (SSSR count). The first-order chi connectivity index (χ1) is 32.6. The number of carbonyl (C=O) groups is 2. The lowest BCUT2D eigenvalue weighted by Crippen LogP contribution is -2.37. The number of amides is 1. The minimum atomic E-state index is -0.0584. The summed E-state index contributed by atoms with van der Waals surface area (Å²) in [7, 11) is 0. The van der Waals surface area contributed by atoms with Crippen LogP contribution in [-0.2, 0) is 9.59 Å². The maximum atomic E-state index is 12.4. The van der Waals surface area contributed by atoms with Gasteiger partial charge in [0.2, 0.25) is 5.91 Å². The van der Waals surface area contributed by atoms with Crippen LogP contribution in [0.3, 0.4) is 0 Å². The fraction of sp³-hybridized carbons (Fsp3) is 0.968. The number of carbonyl (C=O) groups excluding carboxylic acids is 2. The molecule has 1 atom stereocenters. The van der Waals surface area contributed by atoms with Gasteiger partial charge in [-0.1, -0.05) is 328 Å². The van der Waals surface area contributed by atoms with Crippen molar-refractivity contribution in [2.24, 2.45) is 0 Å². The first-order valence-corrected chi connectivity index (χ1v) is 31.1. The van der Waals surface area contributed by atoms with Crippen LogP contribution in [0.1, 0.15) is 373 Å². The third-order valence-corrected chi connectivity index (χ3v) is 14.9. The molecule has 0 aliphatic heterocycles. The molecule has 0 fully saturated rings. The molecule has 4 heteroatoms. The van der Waals surface area contributed by atoms with Crippen molar-refractivity contribution in [1.29, 1.82) is 0 Å². The summed E-state index contributed by atoms with van der Waals surface area (Å²) in [5.41, 5.74) is 0.